The maximum Gasteiger partial charge on any atom is 0.243 e. The maximum atomic E-state index is 12.5. The van der Waals surface area contributed by atoms with Gasteiger partial charge in [0.15, 0.2) is 0 Å². The average molecular weight is 283 g/mol. The highest BCUT2D eigenvalue weighted by Gasteiger charge is 2.25. The normalized spacial score (nSPS) is 19.1. The smallest absolute Gasteiger partial charge is 0.243 e. The van der Waals surface area contributed by atoms with E-state index in [0.717, 1.165) is 25.2 Å². The van der Waals surface area contributed by atoms with E-state index in [9.17, 15) is 8.42 Å². The van der Waals surface area contributed by atoms with E-state index in [1.165, 1.54) is 0 Å². The minimum Gasteiger partial charge on any atom is -0.388 e. The fraction of sp³-hybridized carbons (Fsp3) is 0.538. The lowest BCUT2D eigenvalue weighted by molar-refractivity contribution is 0.347. The molecule has 2 rings (SSSR count). The standard InChI is InChI=1S/C13H21N3O2S/c1-14-12-4-6-13(7-5-12)19(17,18)16-9-3-8-15(2)10-11-16/h4-7,14H,3,8-11H2,1-2H3. The minimum absolute atomic E-state index is 0.371. The van der Waals surface area contributed by atoms with Gasteiger partial charge in [0, 0.05) is 32.4 Å². The number of nitrogens with one attached hydrogen (secondary N) is 1. The molecule has 1 saturated heterocycles. The Labute approximate surface area is 115 Å². The molecule has 6 heteroatoms. The number of benzene rings is 1. The van der Waals surface area contributed by atoms with E-state index in [-0.39, 0.29) is 0 Å². The largest absolute Gasteiger partial charge is 0.388 e. The van der Waals surface area contributed by atoms with Crippen molar-refractivity contribution >= 4 is 15.7 Å². The van der Waals surface area contributed by atoms with Crippen LogP contribution < -0.4 is 5.32 Å². The van der Waals surface area contributed by atoms with Gasteiger partial charge in [0.25, 0.3) is 0 Å². The molecule has 1 fully saturated rings. The van der Waals surface area contributed by atoms with Crippen molar-refractivity contribution in [2.75, 3.05) is 45.6 Å². The summed E-state index contributed by atoms with van der Waals surface area (Å²) in [4.78, 5) is 2.54. The molecule has 0 unspecified atom stereocenters. The molecule has 1 heterocycles. The molecule has 0 atom stereocenters. The van der Waals surface area contributed by atoms with Crippen LogP contribution in [-0.4, -0.2) is 57.9 Å². The van der Waals surface area contributed by atoms with Gasteiger partial charge in [-0.05, 0) is 44.3 Å². The first kappa shape index (κ1) is 14.3. The minimum atomic E-state index is -3.35. The fourth-order valence-corrected chi connectivity index (χ4v) is 3.68. The zero-order chi connectivity index (χ0) is 13.9. The van der Waals surface area contributed by atoms with Crippen LogP contribution >= 0.6 is 0 Å². The summed E-state index contributed by atoms with van der Waals surface area (Å²) in [7, 11) is 0.484. The molecule has 1 aliphatic heterocycles. The number of likely N-dealkylation sites (N-methyl/N-ethyl adjacent to an activating group) is 1. The molecule has 0 amide bonds. The first-order valence-corrected chi connectivity index (χ1v) is 7.94. The third kappa shape index (κ3) is 3.26. The first-order chi connectivity index (χ1) is 9.04. The van der Waals surface area contributed by atoms with Crippen LogP contribution in [0.15, 0.2) is 29.2 Å². The van der Waals surface area contributed by atoms with E-state index in [1.807, 2.05) is 14.1 Å². The zero-order valence-electron chi connectivity index (χ0n) is 11.5. The lowest BCUT2D eigenvalue weighted by atomic mass is 10.3. The van der Waals surface area contributed by atoms with Crippen LogP contribution in [0.2, 0.25) is 0 Å². The molecule has 0 spiro atoms. The molecular weight excluding hydrogens is 262 g/mol. The topological polar surface area (TPSA) is 52.7 Å². The van der Waals surface area contributed by atoms with Crippen molar-refractivity contribution in [3.63, 3.8) is 0 Å². The van der Waals surface area contributed by atoms with E-state index in [1.54, 1.807) is 28.6 Å². The van der Waals surface area contributed by atoms with Crippen molar-refractivity contribution in [2.45, 2.75) is 11.3 Å². The molecule has 1 aliphatic rings. The highest BCUT2D eigenvalue weighted by molar-refractivity contribution is 7.89. The number of nitrogens with zero attached hydrogens (tertiary/aromatic N) is 2. The Balaban J connectivity index is 2.20. The molecule has 0 bridgehead atoms. The number of sulfonamides is 1. The van der Waals surface area contributed by atoms with Gasteiger partial charge in [-0.15, -0.1) is 0 Å². The summed E-state index contributed by atoms with van der Waals surface area (Å²) >= 11 is 0. The SMILES string of the molecule is CNc1ccc(S(=O)(=O)N2CCCN(C)CC2)cc1. The molecular formula is C13H21N3O2S. The summed E-state index contributed by atoms with van der Waals surface area (Å²) in [6, 6.07) is 6.90. The van der Waals surface area contributed by atoms with Gasteiger partial charge < -0.3 is 10.2 Å². The van der Waals surface area contributed by atoms with Crippen LogP contribution in [0.5, 0.6) is 0 Å². The van der Waals surface area contributed by atoms with Crippen molar-refractivity contribution in [3.8, 4) is 0 Å². The van der Waals surface area contributed by atoms with Crippen LogP contribution in [0.3, 0.4) is 0 Å². The van der Waals surface area contributed by atoms with Gasteiger partial charge in [0.05, 0.1) is 4.90 Å². The molecule has 106 valence electrons. The summed E-state index contributed by atoms with van der Waals surface area (Å²) in [5, 5.41) is 2.99. The Morgan fingerprint density at radius 1 is 1.05 bits per heavy atom. The Morgan fingerprint density at radius 2 is 1.74 bits per heavy atom. The fourth-order valence-electron chi connectivity index (χ4n) is 2.21. The second-order valence-corrected chi connectivity index (χ2v) is 6.77. The molecule has 0 radical (unpaired) electrons. The molecule has 19 heavy (non-hydrogen) atoms. The Hall–Kier alpha value is -1.11. The van der Waals surface area contributed by atoms with Gasteiger partial charge >= 0.3 is 0 Å². The van der Waals surface area contributed by atoms with Crippen molar-refractivity contribution in [3.05, 3.63) is 24.3 Å². The summed E-state index contributed by atoms with van der Waals surface area (Å²) < 4.78 is 26.7. The van der Waals surface area contributed by atoms with Crippen LogP contribution in [0.25, 0.3) is 0 Å². The molecule has 0 saturated carbocycles. The Bertz CT molecular complexity index is 513. The van der Waals surface area contributed by atoms with Gasteiger partial charge in [0.1, 0.15) is 0 Å². The predicted molar refractivity (Wildman–Crippen MR) is 76.9 cm³/mol. The summed E-state index contributed by atoms with van der Waals surface area (Å²) in [6.45, 7) is 2.89. The molecule has 5 nitrogen and oxygen atoms in total. The summed E-state index contributed by atoms with van der Waals surface area (Å²) in [5.41, 5.74) is 0.912. The van der Waals surface area contributed by atoms with E-state index < -0.39 is 10.0 Å². The van der Waals surface area contributed by atoms with Gasteiger partial charge in [0.2, 0.25) is 10.0 Å². The monoisotopic (exact) mass is 283 g/mol. The van der Waals surface area contributed by atoms with E-state index >= 15 is 0 Å². The number of anilines is 1. The van der Waals surface area contributed by atoms with Crippen LogP contribution in [0.4, 0.5) is 5.69 Å². The highest BCUT2D eigenvalue weighted by atomic mass is 32.2. The maximum absolute atomic E-state index is 12.5. The van der Waals surface area contributed by atoms with Crippen LogP contribution in [0, 0.1) is 0 Å². The summed E-state index contributed by atoms with van der Waals surface area (Å²) in [5.74, 6) is 0. The zero-order valence-corrected chi connectivity index (χ0v) is 12.3. The van der Waals surface area contributed by atoms with E-state index in [0.29, 0.717) is 18.0 Å². The van der Waals surface area contributed by atoms with E-state index in [4.69, 9.17) is 0 Å². The number of hydrogen-bond acceptors (Lipinski definition) is 4. The van der Waals surface area contributed by atoms with Crippen molar-refractivity contribution in [2.24, 2.45) is 0 Å². The second-order valence-electron chi connectivity index (χ2n) is 4.84. The second kappa shape index (κ2) is 5.90. The lowest BCUT2D eigenvalue weighted by Crippen LogP contribution is -2.34. The molecule has 1 aromatic carbocycles. The van der Waals surface area contributed by atoms with E-state index in [2.05, 4.69) is 10.2 Å². The third-order valence-electron chi connectivity index (χ3n) is 3.46. The van der Waals surface area contributed by atoms with Gasteiger partial charge in [-0.25, -0.2) is 8.42 Å². The number of rotatable bonds is 3. The predicted octanol–water partition coefficient (Wildman–Crippen LogP) is 1.05. The van der Waals surface area contributed by atoms with Crippen molar-refractivity contribution in [1.82, 2.24) is 9.21 Å². The first-order valence-electron chi connectivity index (χ1n) is 6.50. The van der Waals surface area contributed by atoms with Crippen LogP contribution in [0.1, 0.15) is 6.42 Å². The van der Waals surface area contributed by atoms with Gasteiger partial charge in [-0.1, -0.05) is 0 Å². The van der Waals surface area contributed by atoms with Gasteiger partial charge in [-0.3, -0.25) is 0 Å². The summed E-state index contributed by atoms with van der Waals surface area (Å²) in [6.07, 6.45) is 0.879. The highest BCUT2D eigenvalue weighted by Crippen LogP contribution is 2.19. The third-order valence-corrected chi connectivity index (χ3v) is 5.37. The van der Waals surface area contributed by atoms with Gasteiger partial charge in [-0.2, -0.15) is 4.31 Å². The quantitative estimate of drug-likeness (QED) is 0.901. The average Bonchev–Trinajstić information content (AvgIpc) is 2.64. The molecule has 1 aromatic rings. The Kier molecular flexibility index (Phi) is 4.44. The van der Waals surface area contributed by atoms with Crippen molar-refractivity contribution < 1.29 is 8.42 Å². The lowest BCUT2D eigenvalue weighted by Gasteiger charge is -2.20. The Morgan fingerprint density at radius 3 is 2.37 bits per heavy atom. The molecule has 1 N–H and O–H groups in total. The number of hydrogen-bond donors (Lipinski definition) is 1. The molecule has 0 aliphatic carbocycles. The molecule has 0 aromatic heterocycles. The van der Waals surface area contributed by atoms with Crippen molar-refractivity contribution in [1.29, 1.82) is 0 Å². The van der Waals surface area contributed by atoms with Crippen LogP contribution in [-0.2, 0) is 10.0 Å².